The molecule has 2 saturated carbocycles. The van der Waals surface area contributed by atoms with E-state index >= 15 is 0 Å². The van der Waals surface area contributed by atoms with Crippen LogP contribution < -0.4 is 34.2 Å². The van der Waals surface area contributed by atoms with Crippen molar-refractivity contribution in [1.29, 1.82) is 0 Å². The SMILES string of the molecule is CCc1nn2c(-c3c(OC)cc(CO)cc3OC)cccc2c1N(CC1CCOCC1)CC1CC1.CCc1nn2c(I)cccc2c1N(CC1CCOCC1)CC1CC1.COc1cc(CO)cc(OC)c1B(O)O.Cl. The number of hydrogen-bond acceptors (Lipinski definition) is 14. The molecule has 0 unspecified atom stereocenters. The van der Waals surface area contributed by atoms with Gasteiger partial charge in [0, 0.05) is 52.6 Å². The molecule has 10 rings (SSSR count). The summed E-state index contributed by atoms with van der Waals surface area (Å²) in [6.45, 7) is 12.2. The molecule has 0 bridgehead atoms. The molecule has 6 aromatic rings. The highest BCUT2D eigenvalue weighted by Gasteiger charge is 2.32. The summed E-state index contributed by atoms with van der Waals surface area (Å²) in [5.74, 6) is 4.93. The van der Waals surface area contributed by atoms with E-state index in [2.05, 4.69) is 91.7 Å². The first-order valence-corrected chi connectivity index (χ1v) is 27.5. The Morgan fingerprint density at radius 3 is 1.36 bits per heavy atom. The zero-order valence-corrected chi connectivity index (χ0v) is 47.5. The number of aliphatic hydroxyl groups is 2. The first-order chi connectivity index (χ1) is 36.1. The number of halogens is 2. The van der Waals surface area contributed by atoms with Crippen LogP contribution in [0, 0.1) is 27.4 Å². The summed E-state index contributed by atoms with van der Waals surface area (Å²) < 4.78 is 38.0. The smallest absolute Gasteiger partial charge is 0.496 e. The normalized spacial score (nSPS) is 15.8. The van der Waals surface area contributed by atoms with Gasteiger partial charge < -0.3 is 58.5 Å². The maximum atomic E-state index is 9.71. The van der Waals surface area contributed by atoms with Gasteiger partial charge in [-0.1, -0.05) is 26.0 Å². The summed E-state index contributed by atoms with van der Waals surface area (Å²) in [6, 6.07) is 19.6. The van der Waals surface area contributed by atoms with Crippen LogP contribution in [-0.4, -0.2) is 128 Å². The Morgan fingerprint density at radius 1 is 0.587 bits per heavy atom. The Labute approximate surface area is 462 Å². The lowest BCUT2D eigenvalue weighted by Gasteiger charge is -2.31. The highest BCUT2D eigenvalue weighted by Crippen LogP contribution is 2.43. The van der Waals surface area contributed by atoms with E-state index in [9.17, 15) is 5.11 Å². The van der Waals surface area contributed by atoms with Gasteiger partial charge in [-0.3, -0.25) is 0 Å². The Kier molecular flexibility index (Phi) is 21.5. The van der Waals surface area contributed by atoms with Crippen LogP contribution in [0.15, 0.2) is 60.7 Å². The lowest BCUT2D eigenvalue weighted by atomic mass is 9.78. The molecule has 0 amide bonds. The molecule has 4 aliphatic rings. The van der Waals surface area contributed by atoms with Crippen LogP contribution >= 0.6 is 35.0 Å². The average molecular weight is 1170 g/mol. The molecule has 4 fully saturated rings. The number of aliphatic hydroxyl groups excluding tert-OH is 2. The number of ether oxygens (including phenoxy) is 6. The Morgan fingerprint density at radius 2 is 0.973 bits per heavy atom. The number of aromatic nitrogens is 4. The van der Waals surface area contributed by atoms with Crippen molar-refractivity contribution in [2.75, 3.05) is 90.8 Å². The Hall–Kier alpha value is -4.54. The van der Waals surface area contributed by atoms with Gasteiger partial charge in [0.1, 0.15) is 26.7 Å². The maximum Gasteiger partial charge on any atom is 0.496 e. The van der Waals surface area contributed by atoms with Gasteiger partial charge in [0.25, 0.3) is 0 Å². The molecule has 75 heavy (non-hydrogen) atoms. The molecule has 16 nitrogen and oxygen atoms in total. The van der Waals surface area contributed by atoms with Crippen LogP contribution in [0.3, 0.4) is 0 Å². The van der Waals surface area contributed by atoms with Crippen molar-refractivity contribution >= 4 is 70.0 Å². The lowest BCUT2D eigenvalue weighted by molar-refractivity contribution is 0.0680. The standard InChI is InChI=1S/C28H37N3O4.C19H26IN3O.C9H13BO5.ClH/c1-4-22-28(30(16-19-8-9-19)17-20-10-12-35-13-11-20)24-7-5-6-23(31(24)29-22)27-25(33-2)14-21(18-32)15-26(27)34-3;1-2-16-19(17-4-3-5-18(20)23(17)21-16)22(12-14-6-7-14)13-15-8-10-24-11-9-15;1-14-7-3-6(5-11)4-8(15-2)9(7)10(12)13;/h5-7,14-15,19-20,32H,4,8-13,16-18H2,1-3H3;3-5,14-15H,2,6-13H2,1H3;3-4,11-13H,5H2,1-2H3;1H. The molecule has 2 saturated heterocycles. The van der Waals surface area contributed by atoms with E-state index in [1.54, 1.807) is 14.2 Å². The largest absolute Gasteiger partial charge is 0.497 e. The topological polar surface area (TPSA) is 177 Å². The first kappa shape index (κ1) is 58.2. The molecule has 2 aliphatic heterocycles. The van der Waals surface area contributed by atoms with Crippen LogP contribution in [0.2, 0.25) is 0 Å². The summed E-state index contributed by atoms with van der Waals surface area (Å²) in [5, 5.41) is 47.0. The van der Waals surface area contributed by atoms with Crippen molar-refractivity contribution in [3.63, 3.8) is 0 Å². The minimum atomic E-state index is -1.68. The molecular formula is C56H77BClIN6O10. The van der Waals surface area contributed by atoms with Crippen LogP contribution in [-0.2, 0) is 35.5 Å². The third-order valence-electron chi connectivity index (χ3n) is 14.7. The fourth-order valence-electron chi connectivity index (χ4n) is 10.4. The number of anilines is 2. The Bertz CT molecular complexity index is 2730. The van der Waals surface area contributed by atoms with Gasteiger partial charge in [0.05, 0.1) is 92.2 Å². The van der Waals surface area contributed by atoms with Gasteiger partial charge in [-0.15, -0.1) is 12.4 Å². The first-order valence-electron chi connectivity index (χ1n) is 26.5. The third kappa shape index (κ3) is 14.2. The number of aryl methyl sites for hydroxylation is 2. The minimum Gasteiger partial charge on any atom is -0.497 e. The fraction of sp³-hybridized carbons (Fsp3) is 0.536. The number of nitrogens with zero attached hydrogens (tertiary/aromatic N) is 6. The van der Waals surface area contributed by atoms with E-state index in [-0.39, 0.29) is 42.6 Å². The number of hydrogen-bond donors (Lipinski definition) is 4. The van der Waals surface area contributed by atoms with Crippen molar-refractivity contribution in [2.24, 2.45) is 23.7 Å². The van der Waals surface area contributed by atoms with Crippen molar-refractivity contribution in [2.45, 2.75) is 91.3 Å². The Balaban J connectivity index is 0.000000178. The van der Waals surface area contributed by atoms with E-state index in [1.807, 2.05) is 12.1 Å². The minimum absolute atomic E-state index is 0. The molecule has 0 radical (unpaired) electrons. The quantitative estimate of drug-likeness (QED) is 0.0327. The molecule has 0 atom stereocenters. The molecular weight excluding hydrogens is 1090 g/mol. The summed E-state index contributed by atoms with van der Waals surface area (Å²) in [4.78, 5) is 5.27. The van der Waals surface area contributed by atoms with Crippen molar-refractivity contribution in [1.82, 2.24) is 19.2 Å². The van der Waals surface area contributed by atoms with Crippen molar-refractivity contribution in [3.8, 4) is 34.3 Å². The predicted octanol–water partition coefficient (Wildman–Crippen LogP) is 8.16. The number of pyridine rings is 2. The zero-order valence-electron chi connectivity index (χ0n) is 44.5. The molecule has 408 valence electrons. The average Bonchev–Trinajstić information content (AvgIpc) is 4.38. The number of rotatable bonds is 20. The van der Waals surface area contributed by atoms with Crippen LogP contribution in [0.1, 0.15) is 87.7 Å². The molecule has 19 heteroatoms. The van der Waals surface area contributed by atoms with Crippen LogP contribution in [0.25, 0.3) is 22.3 Å². The third-order valence-corrected chi connectivity index (χ3v) is 15.5. The van der Waals surface area contributed by atoms with Crippen LogP contribution in [0.5, 0.6) is 23.0 Å². The van der Waals surface area contributed by atoms with Gasteiger partial charge in [0.2, 0.25) is 0 Å². The van der Waals surface area contributed by atoms with E-state index in [0.717, 1.165) is 118 Å². The van der Waals surface area contributed by atoms with Gasteiger partial charge in [-0.25, -0.2) is 9.03 Å². The molecule has 4 N–H and O–H groups in total. The van der Waals surface area contributed by atoms with E-state index < -0.39 is 7.12 Å². The zero-order chi connectivity index (χ0) is 52.3. The summed E-state index contributed by atoms with van der Waals surface area (Å²) in [6.07, 6.45) is 11.9. The lowest BCUT2D eigenvalue weighted by Crippen LogP contribution is -2.34. The maximum absolute atomic E-state index is 9.71. The number of benzene rings is 2. The second-order valence-corrected chi connectivity index (χ2v) is 21.0. The van der Waals surface area contributed by atoms with Gasteiger partial charge in [-0.2, -0.15) is 10.2 Å². The van der Waals surface area contributed by atoms with Crippen molar-refractivity contribution < 1.29 is 48.7 Å². The van der Waals surface area contributed by atoms with Crippen LogP contribution in [0.4, 0.5) is 11.4 Å². The molecule has 6 heterocycles. The summed E-state index contributed by atoms with van der Waals surface area (Å²) in [5.41, 5.74) is 10.6. The van der Waals surface area contributed by atoms with Crippen molar-refractivity contribution in [3.05, 3.63) is 86.9 Å². The van der Waals surface area contributed by atoms with E-state index in [0.29, 0.717) is 23.0 Å². The molecule has 0 spiro atoms. The second kappa shape index (κ2) is 27.7. The summed E-state index contributed by atoms with van der Waals surface area (Å²) >= 11 is 2.39. The fourth-order valence-corrected chi connectivity index (χ4v) is 11.0. The predicted molar refractivity (Wildman–Crippen MR) is 306 cm³/mol. The number of fused-ring (bicyclic) bond motifs is 2. The highest BCUT2D eigenvalue weighted by atomic mass is 127. The van der Waals surface area contributed by atoms with Gasteiger partial charge >= 0.3 is 7.12 Å². The molecule has 2 aliphatic carbocycles. The summed E-state index contributed by atoms with van der Waals surface area (Å²) in [7, 11) is 4.43. The molecule has 4 aromatic heterocycles. The highest BCUT2D eigenvalue weighted by molar-refractivity contribution is 14.1. The number of methoxy groups -OCH3 is 4. The van der Waals surface area contributed by atoms with E-state index in [4.69, 9.17) is 53.8 Å². The second-order valence-electron chi connectivity index (χ2n) is 19.9. The van der Waals surface area contributed by atoms with E-state index in [1.165, 1.54) is 97.7 Å². The van der Waals surface area contributed by atoms with Gasteiger partial charge in [-0.05, 0) is 170 Å². The monoisotopic (exact) mass is 1170 g/mol. The molecule has 2 aromatic carbocycles. The van der Waals surface area contributed by atoms with Gasteiger partial charge in [0.15, 0.2) is 0 Å².